The van der Waals surface area contributed by atoms with Crippen LogP contribution < -0.4 is 0 Å². The van der Waals surface area contributed by atoms with Gasteiger partial charge < -0.3 is 9.16 Å². The molecule has 0 aromatic rings. The van der Waals surface area contributed by atoms with Gasteiger partial charge in [-0.15, -0.1) is 0 Å². The predicted molar refractivity (Wildman–Crippen MR) is 78.1 cm³/mol. The highest BCUT2D eigenvalue weighted by molar-refractivity contribution is 6.74. The first kappa shape index (κ1) is 17.4. The van der Waals surface area contributed by atoms with Gasteiger partial charge in [0.05, 0.1) is 6.61 Å². The Morgan fingerprint density at radius 2 is 1.89 bits per heavy atom. The Bertz CT molecular complexity index is 290. The summed E-state index contributed by atoms with van der Waals surface area (Å²) < 4.78 is 11.0. The molecule has 0 unspecified atom stereocenters. The van der Waals surface area contributed by atoms with E-state index in [4.69, 9.17) is 9.16 Å². The number of hydrogen-bond acceptors (Lipinski definition) is 3. The van der Waals surface area contributed by atoms with Gasteiger partial charge in [0, 0.05) is 12.2 Å². The first-order chi connectivity index (χ1) is 8.10. The maximum atomic E-state index is 11.1. The first-order valence-electron chi connectivity index (χ1n) is 6.61. The summed E-state index contributed by atoms with van der Waals surface area (Å²) in [6.45, 7) is 15.4. The molecule has 0 fully saturated rings. The summed E-state index contributed by atoms with van der Waals surface area (Å²) in [5.41, 5.74) is 0. The monoisotopic (exact) mass is 272 g/mol. The average Bonchev–Trinajstić information content (AvgIpc) is 2.15. The number of carbonyl (C=O) groups excluding carboxylic acids is 1. The Morgan fingerprint density at radius 1 is 1.33 bits per heavy atom. The standard InChI is InChI=1S/C14H28O3Si/c1-8-16-13(15)11-9-10-12(2)17-18(6,7)14(3,4)5/h9,11-12H,8,10H2,1-7H3/b11-9-/t12-/m1/s1. The van der Waals surface area contributed by atoms with E-state index in [0.29, 0.717) is 6.61 Å². The molecule has 0 amide bonds. The predicted octanol–water partition coefficient (Wildman–Crippen LogP) is 3.91. The minimum absolute atomic E-state index is 0.136. The molecule has 3 nitrogen and oxygen atoms in total. The lowest BCUT2D eigenvalue weighted by molar-refractivity contribution is -0.137. The highest BCUT2D eigenvalue weighted by Crippen LogP contribution is 2.37. The van der Waals surface area contributed by atoms with Crippen LogP contribution in [0.25, 0.3) is 0 Å². The molecule has 0 saturated heterocycles. The molecule has 0 bridgehead atoms. The van der Waals surface area contributed by atoms with Gasteiger partial charge in [-0.2, -0.15) is 0 Å². The van der Waals surface area contributed by atoms with Crippen LogP contribution in [-0.2, 0) is 14.0 Å². The SMILES string of the molecule is CCOC(=O)/C=C\C[C@@H](C)O[Si](C)(C)C(C)(C)C. The van der Waals surface area contributed by atoms with E-state index in [2.05, 4.69) is 40.8 Å². The molecule has 0 aliphatic carbocycles. The van der Waals surface area contributed by atoms with Crippen LogP contribution in [0.3, 0.4) is 0 Å². The maximum absolute atomic E-state index is 11.1. The average molecular weight is 272 g/mol. The van der Waals surface area contributed by atoms with Gasteiger partial charge in [-0.1, -0.05) is 26.8 Å². The van der Waals surface area contributed by atoms with E-state index >= 15 is 0 Å². The van der Waals surface area contributed by atoms with E-state index in [1.807, 2.05) is 6.08 Å². The van der Waals surface area contributed by atoms with Gasteiger partial charge in [0.25, 0.3) is 0 Å². The van der Waals surface area contributed by atoms with Crippen molar-refractivity contribution in [3.05, 3.63) is 12.2 Å². The first-order valence-corrected chi connectivity index (χ1v) is 9.52. The highest BCUT2D eigenvalue weighted by atomic mass is 28.4. The lowest BCUT2D eigenvalue weighted by Gasteiger charge is -2.38. The van der Waals surface area contributed by atoms with Crippen molar-refractivity contribution in [2.75, 3.05) is 6.61 Å². The second kappa shape index (κ2) is 7.09. The minimum Gasteiger partial charge on any atom is -0.463 e. The fourth-order valence-corrected chi connectivity index (χ4v) is 2.73. The Labute approximate surface area is 113 Å². The molecular formula is C14H28O3Si. The van der Waals surface area contributed by atoms with Crippen LogP contribution in [0.1, 0.15) is 41.0 Å². The summed E-state index contributed by atoms with van der Waals surface area (Å²) in [6.07, 6.45) is 4.19. The fraction of sp³-hybridized carbons (Fsp3) is 0.786. The molecule has 0 aliphatic heterocycles. The van der Waals surface area contributed by atoms with Crippen LogP contribution in [-0.4, -0.2) is 27.0 Å². The van der Waals surface area contributed by atoms with E-state index in [1.165, 1.54) is 6.08 Å². The number of rotatable bonds is 6. The molecule has 0 aromatic heterocycles. The largest absolute Gasteiger partial charge is 0.463 e. The number of carbonyl (C=O) groups is 1. The number of esters is 1. The van der Waals surface area contributed by atoms with Crippen molar-refractivity contribution in [3.8, 4) is 0 Å². The summed E-state index contributed by atoms with van der Waals surface area (Å²) in [5.74, 6) is -0.281. The Morgan fingerprint density at radius 3 is 2.33 bits per heavy atom. The lowest BCUT2D eigenvalue weighted by Crippen LogP contribution is -2.43. The normalized spacial score (nSPS) is 14.8. The van der Waals surface area contributed by atoms with E-state index in [0.717, 1.165) is 6.42 Å². The van der Waals surface area contributed by atoms with Gasteiger partial charge in [0.15, 0.2) is 8.32 Å². The zero-order valence-corrected chi connectivity index (χ0v) is 13.9. The molecule has 18 heavy (non-hydrogen) atoms. The summed E-state index contributed by atoms with van der Waals surface area (Å²) >= 11 is 0. The molecule has 0 spiro atoms. The van der Waals surface area contributed by atoms with Crippen molar-refractivity contribution in [1.29, 1.82) is 0 Å². The molecule has 106 valence electrons. The molecule has 0 rings (SSSR count). The van der Waals surface area contributed by atoms with E-state index in [9.17, 15) is 4.79 Å². The van der Waals surface area contributed by atoms with Gasteiger partial charge >= 0.3 is 5.97 Å². The molecular weight excluding hydrogens is 244 g/mol. The zero-order valence-electron chi connectivity index (χ0n) is 12.9. The van der Waals surface area contributed by atoms with Crippen molar-refractivity contribution >= 4 is 14.3 Å². The number of ether oxygens (including phenoxy) is 1. The lowest BCUT2D eigenvalue weighted by atomic mass is 10.2. The third-order valence-corrected chi connectivity index (χ3v) is 7.91. The molecule has 0 heterocycles. The smallest absolute Gasteiger partial charge is 0.330 e. The molecule has 0 saturated carbocycles. The van der Waals surface area contributed by atoms with Crippen LogP contribution in [0.4, 0.5) is 0 Å². The van der Waals surface area contributed by atoms with E-state index in [1.54, 1.807) is 6.92 Å². The Kier molecular flexibility index (Phi) is 6.85. The van der Waals surface area contributed by atoms with E-state index in [-0.39, 0.29) is 17.1 Å². The summed E-state index contributed by atoms with van der Waals surface area (Å²) in [6, 6.07) is 0. The highest BCUT2D eigenvalue weighted by Gasteiger charge is 2.38. The summed E-state index contributed by atoms with van der Waals surface area (Å²) in [4.78, 5) is 11.1. The minimum atomic E-state index is -1.71. The van der Waals surface area contributed by atoms with Crippen molar-refractivity contribution in [1.82, 2.24) is 0 Å². The van der Waals surface area contributed by atoms with Gasteiger partial charge in [-0.25, -0.2) is 4.79 Å². The molecule has 1 atom stereocenters. The topological polar surface area (TPSA) is 35.5 Å². The molecule has 0 radical (unpaired) electrons. The number of hydrogen-bond donors (Lipinski definition) is 0. The van der Waals surface area contributed by atoms with Gasteiger partial charge in [-0.3, -0.25) is 0 Å². The van der Waals surface area contributed by atoms with Crippen LogP contribution in [0.2, 0.25) is 18.1 Å². The summed E-state index contributed by atoms with van der Waals surface area (Å²) in [7, 11) is -1.71. The molecule has 4 heteroatoms. The van der Waals surface area contributed by atoms with Crippen molar-refractivity contribution < 1.29 is 14.0 Å². The van der Waals surface area contributed by atoms with E-state index < -0.39 is 8.32 Å². The molecule has 0 aromatic carbocycles. The third-order valence-electron chi connectivity index (χ3n) is 3.31. The van der Waals surface area contributed by atoms with Crippen molar-refractivity contribution in [2.45, 2.75) is 65.3 Å². The third kappa shape index (κ3) is 6.35. The molecule has 0 aliphatic rings. The second-order valence-electron chi connectivity index (χ2n) is 6.08. The Hall–Kier alpha value is -0.613. The van der Waals surface area contributed by atoms with Gasteiger partial charge in [0.2, 0.25) is 0 Å². The molecule has 0 N–H and O–H groups in total. The summed E-state index contributed by atoms with van der Waals surface area (Å²) in [5, 5.41) is 0.214. The fourth-order valence-electron chi connectivity index (χ4n) is 1.27. The van der Waals surface area contributed by atoms with Gasteiger partial charge in [0.1, 0.15) is 0 Å². The van der Waals surface area contributed by atoms with Crippen molar-refractivity contribution in [3.63, 3.8) is 0 Å². The second-order valence-corrected chi connectivity index (χ2v) is 10.8. The Balaban J connectivity index is 4.20. The van der Waals surface area contributed by atoms with Gasteiger partial charge in [-0.05, 0) is 38.4 Å². The van der Waals surface area contributed by atoms with Crippen LogP contribution >= 0.6 is 0 Å². The zero-order chi connectivity index (χ0) is 14.4. The van der Waals surface area contributed by atoms with Crippen molar-refractivity contribution in [2.24, 2.45) is 0 Å². The van der Waals surface area contributed by atoms with Crippen LogP contribution in [0.15, 0.2) is 12.2 Å². The quantitative estimate of drug-likeness (QED) is 0.418. The van der Waals surface area contributed by atoms with Crippen LogP contribution in [0, 0.1) is 0 Å². The van der Waals surface area contributed by atoms with Crippen LogP contribution in [0.5, 0.6) is 0 Å². The maximum Gasteiger partial charge on any atom is 0.330 e.